The third-order valence-electron chi connectivity index (χ3n) is 4.27. The van der Waals surface area contributed by atoms with E-state index >= 15 is 0 Å². The number of hydrogen-bond acceptors (Lipinski definition) is 4. The molecule has 1 fully saturated rings. The van der Waals surface area contributed by atoms with E-state index in [1.165, 1.54) is 11.6 Å². The molecule has 0 unspecified atom stereocenters. The Morgan fingerprint density at radius 2 is 1.96 bits per heavy atom. The molecule has 1 aromatic carbocycles. The van der Waals surface area contributed by atoms with Gasteiger partial charge in [-0.3, -0.25) is 14.6 Å². The van der Waals surface area contributed by atoms with Crippen molar-refractivity contribution >= 4 is 22.9 Å². The molecular formula is C18H22FN3OS. The van der Waals surface area contributed by atoms with Crippen LogP contribution in [0.1, 0.15) is 11.1 Å². The van der Waals surface area contributed by atoms with Gasteiger partial charge in [-0.25, -0.2) is 4.39 Å². The number of rotatable bonds is 5. The predicted octanol–water partition coefficient (Wildman–Crippen LogP) is 2.95. The lowest BCUT2D eigenvalue weighted by Crippen LogP contribution is -2.48. The molecule has 128 valence electrons. The SMILES string of the molecule is Cc1ccc(NC(=O)CN2CCN(Cc3ccsc3)CC2)cc1F. The van der Waals surface area contributed by atoms with Gasteiger partial charge in [0, 0.05) is 38.4 Å². The van der Waals surface area contributed by atoms with Crippen LogP contribution in [-0.2, 0) is 11.3 Å². The number of thiophene rings is 1. The molecule has 1 aliphatic heterocycles. The first-order valence-electron chi connectivity index (χ1n) is 8.12. The van der Waals surface area contributed by atoms with E-state index < -0.39 is 0 Å². The molecule has 2 aromatic rings. The van der Waals surface area contributed by atoms with Gasteiger partial charge in [0.05, 0.1) is 6.54 Å². The molecule has 0 atom stereocenters. The van der Waals surface area contributed by atoms with E-state index in [-0.39, 0.29) is 11.7 Å². The molecule has 6 heteroatoms. The summed E-state index contributed by atoms with van der Waals surface area (Å²) in [7, 11) is 0. The Morgan fingerprint density at radius 3 is 2.62 bits per heavy atom. The monoisotopic (exact) mass is 347 g/mol. The zero-order chi connectivity index (χ0) is 16.9. The van der Waals surface area contributed by atoms with Gasteiger partial charge in [-0.15, -0.1) is 0 Å². The van der Waals surface area contributed by atoms with Gasteiger partial charge in [0.2, 0.25) is 5.91 Å². The van der Waals surface area contributed by atoms with Crippen molar-refractivity contribution in [3.63, 3.8) is 0 Å². The number of amides is 1. The summed E-state index contributed by atoms with van der Waals surface area (Å²) in [4.78, 5) is 16.7. The lowest BCUT2D eigenvalue weighted by Gasteiger charge is -2.34. The van der Waals surface area contributed by atoms with Crippen molar-refractivity contribution in [3.8, 4) is 0 Å². The Morgan fingerprint density at radius 1 is 1.21 bits per heavy atom. The summed E-state index contributed by atoms with van der Waals surface area (Å²) < 4.78 is 13.5. The number of nitrogens with one attached hydrogen (secondary N) is 1. The van der Waals surface area contributed by atoms with Gasteiger partial charge in [0.25, 0.3) is 0 Å². The highest BCUT2D eigenvalue weighted by atomic mass is 32.1. The van der Waals surface area contributed by atoms with Crippen LogP contribution < -0.4 is 5.32 Å². The van der Waals surface area contributed by atoms with Crippen molar-refractivity contribution < 1.29 is 9.18 Å². The first-order chi connectivity index (χ1) is 11.6. The maximum absolute atomic E-state index is 13.5. The van der Waals surface area contributed by atoms with Gasteiger partial charge in [-0.1, -0.05) is 6.07 Å². The molecule has 1 aliphatic rings. The summed E-state index contributed by atoms with van der Waals surface area (Å²) in [5.74, 6) is -0.389. The number of hydrogen-bond donors (Lipinski definition) is 1. The first kappa shape index (κ1) is 17.1. The van der Waals surface area contributed by atoms with E-state index in [1.54, 1.807) is 30.4 Å². The number of aryl methyl sites for hydroxylation is 1. The van der Waals surface area contributed by atoms with Crippen molar-refractivity contribution in [1.82, 2.24) is 9.80 Å². The molecule has 3 rings (SSSR count). The zero-order valence-corrected chi connectivity index (χ0v) is 14.6. The van der Waals surface area contributed by atoms with Crippen LogP contribution in [0, 0.1) is 12.7 Å². The second-order valence-electron chi connectivity index (χ2n) is 6.20. The average Bonchev–Trinajstić information content (AvgIpc) is 3.06. The van der Waals surface area contributed by atoms with Crippen molar-refractivity contribution in [2.24, 2.45) is 0 Å². The molecule has 0 spiro atoms. The third kappa shape index (κ3) is 4.63. The van der Waals surface area contributed by atoms with Crippen molar-refractivity contribution in [2.45, 2.75) is 13.5 Å². The van der Waals surface area contributed by atoms with Crippen LogP contribution in [0.5, 0.6) is 0 Å². The molecule has 1 N–H and O–H groups in total. The summed E-state index contributed by atoms with van der Waals surface area (Å²) in [5, 5.41) is 7.05. The van der Waals surface area contributed by atoms with Gasteiger partial charge in [0.15, 0.2) is 0 Å². The number of anilines is 1. The number of carbonyl (C=O) groups is 1. The Kier molecular flexibility index (Phi) is 5.60. The molecule has 1 amide bonds. The molecule has 0 bridgehead atoms. The maximum Gasteiger partial charge on any atom is 0.238 e. The van der Waals surface area contributed by atoms with E-state index in [1.807, 2.05) is 0 Å². The summed E-state index contributed by atoms with van der Waals surface area (Å²) in [6, 6.07) is 6.93. The minimum Gasteiger partial charge on any atom is -0.325 e. The average molecular weight is 347 g/mol. The predicted molar refractivity (Wildman–Crippen MR) is 95.8 cm³/mol. The molecule has 1 aromatic heterocycles. The summed E-state index contributed by atoms with van der Waals surface area (Å²) in [6.45, 7) is 6.70. The van der Waals surface area contributed by atoms with Crippen molar-refractivity contribution in [3.05, 3.63) is 52.0 Å². The van der Waals surface area contributed by atoms with E-state index in [0.717, 1.165) is 32.7 Å². The van der Waals surface area contributed by atoms with Crippen LogP contribution in [0.3, 0.4) is 0 Å². The number of benzene rings is 1. The lowest BCUT2D eigenvalue weighted by atomic mass is 10.2. The summed E-state index contributed by atoms with van der Waals surface area (Å²) in [5.41, 5.74) is 2.45. The van der Waals surface area contributed by atoms with Gasteiger partial charge in [-0.2, -0.15) is 11.3 Å². The normalized spacial score (nSPS) is 16.2. The van der Waals surface area contributed by atoms with Crippen LogP contribution in [0.25, 0.3) is 0 Å². The first-order valence-corrected chi connectivity index (χ1v) is 9.06. The lowest BCUT2D eigenvalue weighted by molar-refractivity contribution is -0.117. The number of nitrogens with zero attached hydrogens (tertiary/aromatic N) is 2. The molecule has 24 heavy (non-hydrogen) atoms. The van der Waals surface area contributed by atoms with E-state index in [2.05, 4.69) is 31.9 Å². The van der Waals surface area contributed by atoms with Crippen LogP contribution in [-0.4, -0.2) is 48.4 Å². The quantitative estimate of drug-likeness (QED) is 0.903. The fraction of sp³-hybridized carbons (Fsp3) is 0.389. The maximum atomic E-state index is 13.5. The highest BCUT2D eigenvalue weighted by molar-refractivity contribution is 7.07. The minimum absolute atomic E-state index is 0.0930. The Bertz CT molecular complexity index is 682. The smallest absolute Gasteiger partial charge is 0.238 e. The van der Waals surface area contributed by atoms with Crippen molar-refractivity contribution in [2.75, 3.05) is 38.0 Å². The highest BCUT2D eigenvalue weighted by Gasteiger charge is 2.19. The third-order valence-corrected chi connectivity index (χ3v) is 5.01. The molecule has 0 saturated carbocycles. The van der Waals surface area contributed by atoms with Gasteiger partial charge < -0.3 is 5.32 Å². The van der Waals surface area contributed by atoms with Crippen LogP contribution in [0.15, 0.2) is 35.0 Å². The van der Waals surface area contributed by atoms with E-state index in [9.17, 15) is 9.18 Å². The highest BCUT2D eigenvalue weighted by Crippen LogP contribution is 2.14. The largest absolute Gasteiger partial charge is 0.325 e. The molecular weight excluding hydrogens is 325 g/mol. The Balaban J connectivity index is 1.43. The van der Waals surface area contributed by atoms with E-state index in [4.69, 9.17) is 0 Å². The van der Waals surface area contributed by atoms with Crippen LogP contribution >= 0.6 is 11.3 Å². The molecule has 4 nitrogen and oxygen atoms in total. The van der Waals surface area contributed by atoms with Gasteiger partial charge in [-0.05, 0) is 47.0 Å². The topological polar surface area (TPSA) is 35.6 Å². The Hall–Kier alpha value is -1.76. The second-order valence-corrected chi connectivity index (χ2v) is 6.98. The Labute approximate surface area is 145 Å². The molecule has 0 aliphatic carbocycles. The zero-order valence-electron chi connectivity index (χ0n) is 13.8. The summed E-state index contributed by atoms with van der Waals surface area (Å²) >= 11 is 1.72. The summed E-state index contributed by atoms with van der Waals surface area (Å²) in [6.07, 6.45) is 0. The standard InChI is InChI=1S/C18H22FN3OS/c1-14-2-3-16(10-17(14)19)20-18(23)12-22-7-5-21(6-8-22)11-15-4-9-24-13-15/h2-4,9-10,13H,5-8,11-12H2,1H3,(H,20,23). The molecule has 0 radical (unpaired) electrons. The fourth-order valence-electron chi connectivity index (χ4n) is 2.82. The second kappa shape index (κ2) is 7.88. The van der Waals surface area contributed by atoms with Gasteiger partial charge >= 0.3 is 0 Å². The fourth-order valence-corrected chi connectivity index (χ4v) is 3.48. The number of piperazine rings is 1. The van der Waals surface area contributed by atoms with Gasteiger partial charge in [0.1, 0.15) is 5.82 Å². The molecule has 1 saturated heterocycles. The molecule has 2 heterocycles. The number of halogens is 1. The van der Waals surface area contributed by atoms with Crippen molar-refractivity contribution in [1.29, 1.82) is 0 Å². The minimum atomic E-state index is -0.296. The van der Waals surface area contributed by atoms with E-state index in [0.29, 0.717) is 17.8 Å². The van der Waals surface area contributed by atoms with Crippen LogP contribution in [0.4, 0.5) is 10.1 Å². The number of carbonyl (C=O) groups excluding carboxylic acids is 1. The van der Waals surface area contributed by atoms with Crippen LogP contribution in [0.2, 0.25) is 0 Å².